The number of nitrogens with zero attached hydrogens (tertiary/aromatic N) is 3. The van der Waals surface area contributed by atoms with Gasteiger partial charge in [0.15, 0.2) is 0 Å². The number of hydrogen-bond acceptors (Lipinski definition) is 4. The smallest absolute Gasteiger partial charge is 0.232 e. The number of halogens is 1. The summed E-state index contributed by atoms with van der Waals surface area (Å²) in [6.07, 6.45) is 2.20. The zero-order valence-electron chi connectivity index (χ0n) is 14.4. The molecule has 1 amide bonds. The first kappa shape index (κ1) is 17.0. The van der Waals surface area contributed by atoms with Crippen LogP contribution >= 0.6 is 11.8 Å². The van der Waals surface area contributed by atoms with E-state index >= 15 is 0 Å². The molecule has 1 heterocycles. The molecular weight excluding hydrogens is 349 g/mol. The van der Waals surface area contributed by atoms with Crippen molar-refractivity contribution in [2.24, 2.45) is 0 Å². The maximum atomic E-state index is 13.2. The van der Waals surface area contributed by atoms with E-state index in [0.29, 0.717) is 17.5 Å². The summed E-state index contributed by atoms with van der Waals surface area (Å²) >= 11 is 1.41. The molecule has 4 rings (SSSR count). The van der Waals surface area contributed by atoms with E-state index in [9.17, 15) is 9.18 Å². The monoisotopic (exact) mass is 367 g/mol. The average Bonchev–Trinajstić information content (AvgIpc) is 3.51. The maximum Gasteiger partial charge on any atom is 0.232 e. The van der Waals surface area contributed by atoms with Crippen LogP contribution in [0, 0.1) is 5.82 Å². The van der Waals surface area contributed by atoms with E-state index in [1.165, 1.54) is 23.9 Å². The molecule has 4 nitrogen and oxygen atoms in total. The maximum absolute atomic E-state index is 13.2. The predicted octanol–water partition coefficient (Wildman–Crippen LogP) is 4.15. The summed E-state index contributed by atoms with van der Waals surface area (Å²) in [4.78, 5) is 14.1. The number of carbonyl (C=O) groups is 1. The van der Waals surface area contributed by atoms with Crippen LogP contribution in [0.15, 0.2) is 53.6 Å². The highest BCUT2D eigenvalue weighted by atomic mass is 32.2. The highest BCUT2D eigenvalue weighted by molar-refractivity contribution is 8.00. The summed E-state index contributed by atoms with van der Waals surface area (Å²) in [6, 6.07) is 14.5. The van der Waals surface area contributed by atoms with E-state index in [2.05, 4.69) is 10.2 Å². The Kier molecular flexibility index (Phi) is 4.59. The SMILES string of the molecule is CN(C(=O)CSc1nnc(-c2ccc(F)cc2)c2ccccc12)C1CC1. The fraction of sp³-hybridized carbons (Fsp3) is 0.250. The second-order valence-corrected chi connectivity index (χ2v) is 7.39. The Balaban J connectivity index is 1.63. The van der Waals surface area contributed by atoms with Crippen LogP contribution in [0.3, 0.4) is 0 Å². The second kappa shape index (κ2) is 7.03. The molecule has 132 valence electrons. The van der Waals surface area contributed by atoms with Gasteiger partial charge in [-0.2, -0.15) is 0 Å². The van der Waals surface area contributed by atoms with Crippen LogP contribution in [0.25, 0.3) is 22.0 Å². The summed E-state index contributed by atoms with van der Waals surface area (Å²) < 4.78 is 13.2. The normalized spacial score (nSPS) is 13.8. The van der Waals surface area contributed by atoms with Crippen LogP contribution in [0.1, 0.15) is 12.8 Å². The molecule has 2 aromatic carbocycles. The van der Waals surface area contributed by atoms with E-state index in [4.69, 9.17) is 0 Å². The minimum absolute atomic E-state index is 0.117. The number of thioether (sulfide) groups is 1. The molecule has 0 bridgehead atoms. The molecule has 0 atom stereocenters. The number of aromatic nitrogens is 2. The van der Waals surface area contributed by atoms with Crippen molar-refractivity contribution in [3.05, 3.63) is 54.3 Å². The molecule has 0 N–H and O–H groups in total. The molecule has 1 aromatic heterocycles. The third-order valence-corrected chi connectivity index (χ3v) is 5.56. The summed E-state index contributed by atoms with van der Waals surface area (Å²) in [6.45, 7) is 0. The van der Waals surface area contributed by atoms with Crippen molar-refractivity contribution in [1.82, 2.24) is 15.1 Å². The van der Waals surface area contributed by atoms with Crippen molar-refractivity contribution in [3.8, 4) is 11.3 Å². The van der Waals surface area contributed by atoms with Crippen LogP contribution in [0.5, 0.6) is 0 Å². The predicted molar refractivity (Wildman–Crippen MR) is 101 cm³/mol. The lowest BCUT2D eigenvalue weighted by molar-refractivity contribution is -0.127. The van der Waals surface area contributed by atoms with Crippen LogP contribution in [0.4, 0.5) is 4.39 Å². The van der Waals surface area contributed by atoms with Gasteiger partial charge >= 0.3 is 0 Å². The molecule has 26 heavy (non-hydrogen) atoms. The van der Waals surface area contributed by atoms with E-state index in [0.717, 1.165) is 34.2 Å². The number of rotatable bonds is 5. The molecule has 1 fully saturated rings. The molecule has 6 heteroatoms. The summed E-state index contributed by atoms with van der Waals surface area (Å²) in [5.41, 5.74) is 1.53. The van der Waals surface area contributed by atoms with Crippen molar-refractivity contribution in [3.63, 3.8) is 0 Å². The fourth-order valence-electron chi connectivity index (χ4n) is 2.90. The highest BCUT2D eigenvalue weighted by Gasteiger charge is 2.29. The van der Waals surface area contributed by atoms with Gasteiger partial charge in [-0.05, 0) is 37.1 Å². The van der Waals surface area contributed by atoms with Crippen LogP contribution in [0.2, 0.25) is 0 Å². The largest absolute Gasteiger partial charge is 0.342 e. The van der Waals surface area contributed by atoms with Crippen LogP contribution in [-0.2, 0) is 4.79 Å². The van der Waals surface area contributed by atoms with Gasteiger partial charge in [0.05, 0.1) is 5.75 Å². The lowest BCUT2D eigenvalue weighted by atomic mass is 10.1. The molecule has 1 saturated carbocycles. The first-order valence-corrected chi connectivity index (χ1v) is 9.52. The summed E-state index contributed by atoms with van der Waals surface area (Å²) in [5, 5.41) is 11.3. The Hall–Kier alpha value is -2.47. The topological polar surface area (TPSA) is 46.1 Å². The molecule has 3 aromatic rings. The van der Waals surface area contributed by atoms with Gasteiger partial charge in [0.2, 0.25) is 5.91 Å². The van der Waals surface area contributed by atoms with Crippen molar-refractivity contribution in [1.29, 1.82) is 0 Å². The molecule has 0 aliphatic heterocycles. The summed E-state index contributed by atoms with van der Waals surface area (Å²) in [5.74, 6) is 0.184. The molecule has 0 saturated heterocycles. The first-order valence-electron chi connectivity index (χ1n) is 8.53. The number of fused-ring (bicyclic) bond motifs is 1. The zero-order valence-corrected chi connectivity index (χ0v) is 15.2. The Morgan fingerprint density at radius 1 is 1.12 bits per heavy atom. The summed E-state index contributed by atoms with van der Waals surface area (Å²) in [7, 11) is 1.86. The van der Waals surface area contributed by atoms with E-state index in [-0.39, 0.29) is 11.7 Å². The molecule has 0 spiro atoms. The lowest BCUT2D eigenvalue weighted by Gasteiger charge is -2.16. The van der Waals surface area contributed by atoms with Crippen molar-refractivity contribution < 1.29 is 9.18 Å². The Morgan fingerprint density at radius 2 is 1.81 bits per heavy atom. The standard InChI is InChI=1S/C20H18FN3OS/c1-24(15-10-11-15)18(25)12-26-20-17-5-3-2-4-16(17)19(22-23-20)13-6-8-14(21)9-7-13/h2-9,15H,10-12H2,1H3. The molecule has 1 aliphatic rings. The van der Waals surface area contributed by atoms with Crippen molar-refractivity contribution >= 4 is 28.4 Å². The third kappa shape index (κ3) is 3.42. The van der Waals surface area contributed by atoms with Crippen LogP contribution in [-0.4, -0.2) is 39.8 Å². The van der Waals surface area contributed by atoms with Gasteiger partial charge < -0.3 is 4.90 Å². The Labute approximate surface area is 155 Å². The average molecular weight is 367 g/mol. The number of benzene rings is 2. The van der Waals surface area contributed by atoms with Gasteiger partial charge in [0.1, 0.15) is 16.5 Å². The Morgan fingerprint density at radius 3 is 2.50 bits per heavy atom. The fourth-order valence-corrected chi connectivity index (χ4v) is 3.80. The molecule has 0 unspecified atom stereocenters. The lowest BCUT2D eigenvalue weighted by Crippen LogP contribution is -2.30. The minimum Gasteiger partial charge on any atom is -0.342 e. The Bertz CT molecular complexity index is 957. The highest BCUT2D eigenvalue weighted by Crippen LogP contribution is 2.32. The van der Waals surface area contributed by atoms with Gasteiger partial charge in [-0.3, -0.25) is 4.79 Å². The van der Waals surface area contributed by atoms with E-state index in [1.807, 2.05) is 36.2 Å². The molecular formula is C20H18FN3OS. The van der Waals surface area contributed by atoms with Gasteiger partial charge in [-0.25, -0.2) is 4.39 Å². The third-order valence-electron chi connectivity index (χ3n) is 4.59. The van der Waals surface area contributed by atoms with E-state index in [1.54, 1.807) is 12.1 Å². The molecule has 0 radical (unpaired) electrons. The van der Waals surface area contributed by atoms with E-state index < -0.39 is 0 Å². The first-order chi connectivity index (χ1) is 12.6. The zero-order chi connectivity index (χ0) is 18.1. The number of amides is 1. The van der Waals surface area contributed by atoms with Crippen LogP contribution < -0.4 is 0 Å². The van der Waals surface area contributed by atoms with Crippen molar-refractivity contribution in [2.45, 2.75) is 23.9 Å². The quantitative estimate of drug-likeness (QED) is 0.636. The van der Waals surface area contributed by atoms with Crippen molar-refractivity contribution in [2.75, 3.05) is 12.8 Å². The van der Waals surface area contributed by atoms with Gasteiger partial charge in [-0.1, -0.05) is 36.0 Å². The molecule has 1 aliphatic carbocycles. The van der Waals surface area contributed by atoms with Gasteiger partial charge in [0.25, 0.3) is 0 Å². The minimum atomic E-state index is -0.281. The number of hydrogen-bond donors (Lipinski definition) is 0. The van der Waals surface area contributed by atoms with Gasteiger partial charge in [-0.15, -0.1) is 10.2 Å². The van der Waals surface area contributed by atoms with Gasteiger partial charge in [0, 0.05) is 29.4 Å². The second-order valence-electron chi connectivity index (χ2n) is 6.43. The number of carbonyl (C=O) groups excluding carboxylic acids is 1.